The molecule has 1 unspecified atom stereocenters. The lowest BCUT2D eigenvalue weighted by Gasteiger charge is -2.05. The van der Waals surface area contributed by atoms with Gasteiger partial charge < -0.3 is 0 Å². The Morgan fingerprint density at radius 2 is 1.90 bits per heavy atom. The highest BCUT2D eigenvalue weighted by Gasteiger charge is 2.15. The largest absolute Gasteiger partial charge is 0.293 e. The van der Waals surface area contributed by atoms with Gasteiger partial charge in [-0.3, -0.25) is 9.00 Å². The van der Waals surface area contributed by atoms with Crippen molar-refractivity contribution in [3.05, 3.63) is 62.5 Å². The molecule has 0 aliphatic heterocycles. The number of hydrogen-bond acceptors (Lipinski definition) is 2. The van der Waals surface area contributed by atoms with Crippen molar-refractivity contribution in [2.24, 2.45) is 0 Å². The third kappa shape index (κ3) is 3.92. The minimum absolute atomic E-state index is 0.128. The first-order chi connectivity index (χ1) is 9.47. The van der Waals surface area contributed by atoms with Gasteiger partial charge in [0, 0.05) is 15.1 Å². The van der Waals surface area contributed by atoms with Crippen molar-refractivity contribution in [1.29, 1.82) is 0 Å². The van der Waals surface area contributed by atoms with Crippen molar-refractivity contribution < 1.29 is 9.00 Å². The van der Waals surface area contributed by atoms with Gasteiger partial charge in [0.05, 0.1) is 26.5 Å². The second-order valence-electron chi connectivity index (χ2n) is 4.00. The van der Waals surface area contributed by atoms with Gasteiger partial charge in [-0.2, -0.15) is 0 Å². The summed E-state index contributed by atoms with van der Waals surface area (Å²) in [6.07, 6.45) is 0. The van der Waals surface area contributed by atoms with Gasteiger partial charge in [-0.1, -0.05) is 51.3 Å². The molecule has 104 valence electrons. The van der Waals surface area contributed by atoms with Crippen LogP contribution in [0.1, 0.15) is 10.4 Å². The van der Waals surface area contributed by atoms with Crippen molar-refractivity contribution in [1.82, 2.24) is 0 Å². The lowest BCUT2D eigenvalue weighted by atomic mass is 10.2. The zero-order valence-corrected chi connectivity index (χ0v) is 14.0. The fourth-order valence-electron chi connectivity index (χ4n) is 1.59. The van der Waals surface area contributed by atoms with Crippen LogP contribution in [0, 0.1) is 0 Å². The van der Waals surface area contributed by atoms with E-state index in [1.807, 2.05) is 6.07 Å². The molecular formula is C14H9BrCl2O2S. The van der Waals surface area contributed by atoms with Crippen molar-refractivity contribution >= 4 is 55.7 Å². The highest BCUT2D eigenvalue weighted by molar-refractivity contribution is 9.10. The molecule has 2 nitrogen and oxygen atoms in total. The number of ketones is 1. The van der Waals surface area contributed by atoms with Crippen LogP contribution in [0.2, 0.25) is 10.0 Å². The number of benzene rings is 2. The van der Waals surface area contributed by atoms with Gasteiger partial charge in [0.1, 0.15) is 0 Å². The maximum absolute atomic E-state index is 12.2. The molecule has 0 bridgehead atoms. The summed E-state index contributed by atoms with van der Waals surface area (Å²) in [6.45, 7) is 0. The molecular weight excluding hydrogens is 383 g/mol. The van der Waals surface area contributed by atoms with Gasteiger partial charge in [0.2, 0.25) is 0 Å². The average molecular weight is 392 g/mol. The third-order valence-electron chi connectivity index (χ3n) is 2.55. The second-order valence-corrected chi connectivity index (χ2v) is 7.18. The smallest absolute Gasteiger partial charge is 0.175 e. The van der Waals surface area contributed by atoms with Crippen LogP contribution >= 0.6 is 39.1 Å². The maximum atomic E-state index is 12.2. The predicted octanol–water partition coefficient (Wildman–Crippen LogP) is 4.75. The van der Waals surface area contributed by atoms with Crippen molar-refractivity contribution in [2.45, 2.75) is 4.90 Å². The zero-order valence-electron chi connectivity index (χ0n) is 10.1. The van der Waals surface area contributed by atoms with E-state index in [2.05, 4.69) is 15.9 Å². The fourth-order valence-corrected chi connectivity index (χ4v) is 3.71. The number of carbonyl (C=O) groups is 1. The Labute approximate surface area is 137 Å². The van der Waals surface area contributed by atoms with E-state index in [9.17, 15) is 9.00 Å². The van der Waals surface area contributed by atoms with Crippen LogP contribution in [-0.2, 0) is 10.8 Å². The zero-order chi connectivity index (χ0) is 14.7. The Balaban J connectivity index is 2.19. The van der Waals surface area contributed by atoms with Gasteiger partial charge in [-0.15, -0.1) is 0 Å². The molecule has 0 aliphatic rings. The number of Topliss-reactive ketones (excluding diaryl/α,β-unsaturated/α-hetero) is 1. The second kappa shape index (κ2) is 6.85. The molecule has 0 radical (unpaired) electrons. The minimum Gasteiger partial charge on any atom is -0.293 e. The summed E-state index contributed by atoms with van der Waals surface area (Å²) in [6, 6.07) is 11.7. The van der Waals surface area contributed by atoms with Crippen molar-refractivity contribution in [3.8, 4) is 0 Å². The van der Waals surface area contributed by atoms with Crippen LogP contribution in [0.5, 0.6) is 0 Å². The molecule has 2 rings (SSSR count). The van der Waals surface area contributed by atoms with Crippen LogP contribution < -0.4 is 0 Å². The lowest BCUT2D eigenvalue weighted by Crippen LogP contribution is -2.11. The SMILES string of the molecule is O=C(CS(=O)c1cc(Cl)ccc1Cl)c1cccc(Br)c1. The highest BCUT2D eigenvalue weighted by atomic mass is 79.9. The van der Waals surface area contributed by atoms with E-state index >= 15 is 0 Å². The average Bonchev–Trinajstić information content (AvgIpc) is 2.41. The van der Waals surface area contributed by atoms with E-state index < -0.39 is 10.8 Å². The number of rotatable bonds is 4. The maximum Gasteiger partial charge on any atom is 0.175 e. The van der Waals surface area contributed by atoms with Crippen molar-refractivity contribution in [2.75, 3.05) is 5.75 Å². The molecule has 0 spiro atoms. The summed E-state index contributed by atoms with van der Waals surface area (Å²) in [4.78, 5) is 12.5. The number of hydrogen-bond donors (Lipinski definition) is 0. The summed E-state index contributed by atoms with van der Waals surface area (Å²) in [7, 11) is -1.52. The first-order valence-corrected chi connectivity index (χ1v) is 8.46. The molecule has 0 fully saturated rings. The molecule has 0 saturated heterocycles. The quantitative estimate of drug-likeness (QED) is 0.705. The van der Waals surface area contributed by atoms with E-state index in [0.29, 0.717) is 20.5 Å². The lowest BCUT2D eigenvalue weighted by molar-refractivity contribution is 0.102. The molecule has 0 aliphatic carbocycles. The topological polar surface area (TPSA) is 34.1 Å². The standard InChI is InChI=1S/C14H9BrCl2O2S/c15-10-3-1-2-9(6-10)13(18)8-20(19)14-7-11(16)4-5-12(14)17/h1-7H,8H2. The first-order valence-electron chi connectivity index (χ1n) is 5.59. The Morgan fingerprint density at radius 1 is 1.15 bits per heavy atom. The van der Waals surface area contributed by atoms with E-state index in [-0.39, 0.29) is 11.5 Å². The van der Waals surface area contributed by atoms with Crippen LogP contribution in [0.25, 0.3) is 0 Å². The van der Waals surface area contributed by atoms with Crippen LogP contribution in [0.15, 0.2) is 51.8 Å². The molecule has 0 heterocycles. The molecule has 0 amide bonds. The van der Waals surface area contributed by atoms with Crippen molar-refractivity contribution in [3.63, 3.8) is 0 Å². The third-order valence-corrected chi connectivity index (χ3v) is 5.07. The van der Waals surface area contributed by atoms with Gasteiger partial charge in [-0.05, 0) is 30.3 Å². The highest BCUT2D eigenvalue weighted by Crippen LogP contribution is 2.24. The Morgan fingerprint density at radius 3 is 2.60 bits per heavy atom. The van der Waals surface area contributed by atoms with Gasteiger partial charge in [0.25, 0.3) is 0 Å². The summed E-state index contributed by atoms with van der Waals surface area (Å²) < 4.78 is 13.0. The van der Waals surface area contributed by atoms with E-state index in [0.717, 1.165) is 4.47 Å². The molecule has 2 aromatic rings. The summed E-state index contributed by atoms with van der Waals surface area (Å²) in [5.41, 5.74) is 0.505. The van der Waals surface area contributed by atoms with Crippen LogP contribution in [0.3, 0.4) is 0 Å². The van der Waals surface area contributed by atoms with E-state index in [1.165, 1.54) is 6.07 Å². The van der Waals surface area contributed by atoms with Crippen LogP contribution in [-0.4, -0.2) is 15.7 Å². The first kappa shape index (κ1) is 15.7. The molecule has 0 aromatic heterocycles. The number of carbonyl (C=O) groups excluding carboxylic acids is 1. The van der Waals surface area contributed by atoms with Gasteiger partial charge in [0.15, 0.2) is 5.78 Å². The summed E-state index contributed by atoms with van der Waals surface area (Å²) in [5.74, 6) is -0.336. The monoisotopic (exact) mass is 390 g/mol. The minimum atomic E-state index is -1.52. The fraction of sp³-hybridized carbons (Fsp3) is 0.0714. The van der Waals surface area contributed by atoms with Gasteiger partial charge >= 0.3 is 0 Å². The van der Waals surface area contributed by atoms with E-state index in [1.54, 1.807) is 30.3 Å². The molecule has 1 atom stereocenters. The molecule has 0 N–H and O–H groups in total. The van der Waals surface area contributed by atoms with E-state index in [4.69, 9.17) is 23.2 Å². The molecule has 6 heteroatoms. The van der Waals surface area contributed by atoms with Crippen LogP contribution in [0.4, 0.5) is 0 Å². The number of halogens is 3. The Bertz CT molecular complexity index is 689. The molecule has 0 saturated carbocycles. The Kier molecular flexibility index (Phi) is 5.38. The Hall–Kier alpha value is -0.680. The summed E-state index contributed by atoms with van der Waals surface area (Å²) >= 11 is 15.1. The van der Waals surface area contributed by atoms with Gasteiger partial charge in [-0.25, -0.2) is 0 Å². The molecule has 20 heavy (non-hydrogen) atoms. The predicted molar refractivity (Wildman–Crippen MR) is 86.2 cm³/mol. The summed E-state index contributed by atoms with van der Waals surface area (Å²) in [5, 5.41) is 0.780. The molecule has 2 aromatic carbocycles. The normalized spacial score (nSPS) is 12.2.